The molecule has 4 rings (SSSR count). The minimum atomic E-state index is -0.751. The highest BCUT2D eigenvalue weighted by Gasteiger charge is 2.22. The molecule has 0 bridgehead atoms. The fourth-order valence-electron chi connectivity index (χ4n) is 4.39. The summed E-state index contributed by atoms with van der Waals surface area (Å²) in [7, 11) is 0. The molecule has 2 N–H and O–H groups in total. The van der Waals surface area contributed by atoms with Gasteiger partial charge in [0.2, 0.25) is 0 Å². The molecule has 0 fully saturated rings. The van der Waals surface area contributed by atoms with E-state index in [0.717, 1.165) is 27.6 Å². The van der Waals surface area contributed by atoms with Crippen molar-refractivity contribution in [2.75, 3.05) is 6.61 Å². The van der Waals surface area contributed by atoms with Crippen LogP contribution in [-0.2, 0) is 16.1 Å². The number of nitrogens with zero attached hydrogens (tertiary/aromatic N) is 2. The molecular weight excluding hydrogens is 547 g/mol. The molecule has 1 heterocycles. The lowest BCUT2D eigenvalue weighted by atomic mass is 10.0. The number of hydrazone groups is 1. The van der Waals surface area contributed by atoms with Crippen LogP contribution in [-0.4, -0.2) is 35.2 Å². The van der Waals surface area contributed by atoms with Crippen LogP contribution in [0.5, 0.6) is 5.75 Å². The maximum Gasteiger partial charge on any atom is 0.262 e. The molecule has 1 atom stereocenters. The highest BCUT2D eigenvalue weighted by Crippen LogP contribution is 2.25. The van der Waals surface area contributed by atoms with Gasteiger partial charge in [-0.3, -0.25) is 9.59 Å². The Hall–Kier alpha value is -3.81. The molecule has 0 aliphatic rings. The molecule has 208 valence electrons. The van der Waals surface area contributed by atoms with E-state index in [1.54, 1.807) is 18.3 Å². The number of ether oxygens (including phenoxy) is 1. The second kappa shape index (κ2) is 13.5. The van der Waals surface area contributed by atoms with Gasteiger partial charge in [-0.15, -0.1) is 0 Å². The van der Waals surface area contributed by atoms with Gasteiger partial charge in [-0.05, 0) is 54.7 Å². The summed E-state index contributed by atoms with van der Waals surface area (Å²) < 4.78 is 7.70. The Kier molecular flexibility index (Phi) is 9.85. The zero-order chi connectivity index (χ0) is 28.6. The third-order valence-electron chi connectivity index (χ3n) is 6.36. The molecule has 0 radical (unpaired) electrons. The van der Waals surface area contributed by atoms with E-state index in [2.05, 4.69) is 20.4 Å². The van der Waals surface area contributed by atoms with E-state index < -0.39 is 11.9 Å². The summed E-state index contributed by atoms with van der Waals surface area (Å²) in [6.45, 7) is 6.24. The Morgan fingerprint density at radius 3 is 2.55 bits per heavy atom. The van der Waals surface area contributed by atoms with Crippen molar-refractivity contribution < 1.29 is 14.3 Å². The third-order valence-corrected chi connectivity index (χ3v) is 6.95. The first-order valence-electron chi connectivity index (χ1n) is 13.0. The number of rotatable bonds is 11. The van der Waals surface area contributed by atoms with Crippen LogP contribution >= 0.6 is 23.2 Å². The normalized spacial score (nSPS) is 12.2. The average molecular weight is 580 g/mol. The molecule has 0 unspecified atom stereocenters. The summed E-state index contributed by atoms with van der Waals surface area (Å²) >= 11 is 12.5. The summed E-state index contributed by atoms with van der Waals surface area (Å²) in [6.07, 6.45) is 4.02. The lowest BCUT2D eigenvalue weighted by molar-refractivity contribution is -0.130. The number of aryl methyl sites for hydroxylation is 1. The Balaban J connectivity index is 1.43. The smallest absolute Gasteiger partial charge is 0.262 e. The Labute approximate surface area is 244 Å². The second-order valence-electron chi connectivity index (χ2n) is 10.0. The average Bonchev–Trinajstić information content (AvgIpc) is 3.26. The number of halogens is 2. The number of nitrogens with one attached hydrogen (secondary N) is 2. The number of hydrogen-bond acceptors (Lipinski definition) is 4. The van der Waals surface area contributed by atoms with Crippen LogP contribution in [0.2, 0.25) is 10.0 Å². The minimum Gasteiger partial charge on any atom is -0.484 e. The van der Waals surface area contributed by atoms with Gasteiger partial charge in [-0.2, -0.15) is 5.10 Å². The zero-order valence-corrected chi connectivity index (χ0v) is 24.2. The summed E-state index contributed by atoms with van der Waals surface area (Å²) in [5.41, 5.74) is 6.29. The summed E-state index contributed by atoms with van der Waals surface area (Å²) in [4.78, 5) is 25.6. The lowest BCUT2D eigenvalue weighted by Gasteiger charge is -2.19. The van der Waals surface area contributed by atoms with Crippen molar-refractivity contribution >= 4 is 52.1 Å². The molecular formula is C31H32Cl2N4O3. The molecule has 0 spiro atoms. The van der Waals surface area contributed by atoms with Crippen LogP contribution in [0.1, 0.15) is 37.0 Å². The van der Waals surface area contributed by atoms with E-state index >= 15 is 0 Å². The highest BCUT2D eigenvalue weighted by molar-refractivity contribution is 6.35. The van der Waals surface area contributed by atoms with Crippen molar-refractivity contribution in [2.45, 2.75) is 39.8 Å². The van der Waals surface area contributed by atoms with Gasteiger partial charge in [0.05, 0.1) is 6.21 Å². The number of para-hydroxylation sites is 2. The predicted octanol–water partition coefficient (Wildman–Crippen LogP) is 6.36. The van der Waals surface area contributed by atoms with Crippen molar-refractivity contribution in [1.82, 2.24) is 15.3 Å². The first-order valence-corrected chi connectivity index (χ1v) is 13.8. The SMILES string of the molecule is Cc1ccccc1OCC(=O)N[C@H](CC(C)C)C(=O)N/N=C\c1cn(Cc2ccc(Cl)cc2Cl)c2ccccc12. The molecule has 40 heavy (non-hydrogen) atoms. The van der Waals surface area contributed by atoms with E-state index in [-0.39, 0.29) is 18.4 Å². The van der Waals surface area contributed by atoms with Gasteiger partial charge in [0.25, 0.3) is 11.8 Å². The summed E-state index contributed by atoms with van der Waals surface area (Å²) in [5.74, 6) is 0.0300. The largest absolute Gasteiger partial charge is 0.484 e. The Morgan fingerprint density at radius 1 is 1.05 bits per heavy atom. The molecule has 0 saturated carbocycles. The van der Waals surface area contributed by atoms with Gasteiger partial charge in [0.15, 0.2) is 6.61 Å². The number of amides is 2. The van der Waals surface area contributed by atoms with Crippen LogP contribution in [0.3, 0.4) is 0 Å². The van der Waals surface area contributed by atoms with E-state index in [1.807, 2.05) is 81.6 Å². The molecule has 2 amide bonds. The maximum absolute atomic E-state index is 13.0. The van der Waals surface area contributed by atoms with Gasteiger partial charge in [-0.1, -0.05) is 79.5 Å². The maximum atomic E-state index is 13.0. The standard InChI is InChI=1S/C31H32Cl2N4O3/c1-20(2)14-27(35-30(38)19-40-29-11-7-4-8-21(29)3)31(39)36-34-16-23-18-37(28-10-6-5-9-25(23)28)17-22-12-13-24(32)15-26(22)33/h4-13,15-16,18,20,27H,14,17,19H2,1-3H3,(H,35,38)(H,36,39)/b34-16-/t27-/m1/s1. The van der Waals surface area contributed by atoms with E-state index in [4.69, 9.17) is 27.9 Å². The van der Waals surface area contributed by atoms with Crippen molar-refractivity contribution in [2.24, 2.45) is 11.0 Å². The van der Waals surface area contributed by atoms with Crippen molar-refractivity contribution in [3.05, 3.63) is 99.7 Å². The number of fused-ring (bicyclic) bond motifs is 1. The third kappa shape index (κ3) is 7.64. The van der Waals surface area contributed by atoms with Crippen LogP contribution in [0.25, 0.3) is 10.9 Å². The quantitative estimate of drug-likeness (QED) is 0.160. The van der Waals surface area contributed by atoms with Crippen LogP contribution in [0, 0.1) is 12.8 Å². The molecule has 0 saturated heterocycles. The Morgan fingerprint density at radius 2 is 1.80 bits per heavy atom. The molecule has 7 nitrogen and oxygen atoms in total. The van der Waals surface area contributed by atoms with Crippen molar-refractivity contribution in [1.29, 1.82) is 0 Å². The van der Waals surface area contributed by atoms with Crippen LogP contribution < -0.4 is 15.5 Å². The van der Waals surface area contributed by atoms with Crippen molar-refractivity contribution in [3.63, 3.8) is 0 Å². The predicted molar refractivity (Wildman–Crippen MR) is 161 cm³/mol. The van der Waals surface area contributed by atoms with Gasteiger partial charge in [-0.25, -0.2) is 5.43 Å². The van der Waals surface area contributed by atoms with E-state index in [0.29, 0.717) is 28.8 Å². The fraction of sp³-hybridized carbons (Fsp3) is 0.258. The van der Waals surface area contributed by atoms with Crippen LogP contribution in [0.15, 0.2) is 78.0 Å². The number of aromatic nitrogens is 1. The number of carbonyl (C=O) groups is 2. The molecule has 0 aliphatic carbocycles. The topological polar surface area (TPSA) is 84.7 Å². The number of hydrogen-bond donors (Lipinski definition) is 2. The van der Waals surface area contributed by atoms with E-state index in [9.17, 15) is 9.59 Å². The zero-order valence-electron chi connectivity index (χ0n) is 22.7. The molecule has 9 heteroatoms. The first-order chi connectivity index (χ1) is 19.2. The fourth-order valence-corrected chi connectivity index (χ4v) is 4.85. The number of carbonyl (C=O) groups excluding carboxylic acids is 2. The van der Waals surface area contributed by atoms with Crippen molar-refractivity contribution in [3.8, 4) is 5.75 Å². The second-order valence-corrected chi connectivity index (χ2v) is 10.8. The first kappa shape index (κ1) is 29.2. The van der Waals surface area contributed by atoms with Gasteiger partial charge < -0.3 is 14.6 Å². The molecule has 4 aromatic rings. The minimum absolute atomic E-state index is 0.176. The number of benzene rings is 3. The molecule has 0 aliphatic heterocycles. The lowest BCUT2D eigenvalue weighted by Crippen LogP contribution is -2.47. The van der Waals surface area contributed by atoms with E-state index in [1.165, 1.54) is 0 Å². The molecule has 3 aromatic carbocycles. The van der Waals surface area contributed by atoms with Gasteiger partial charge >= 0.3 is 0 Å². The van der Waals surface area contributed by atoms with Gasteiger partial charge in [0.1, 0.15) is 11.8 Å². The van der Waals surface area contributed by atoms with Gasteiger partial charge in [0, 0.05) is 39.3 Å². The summed E-state index contributed by atoms with van der Waals surface area (Å²) in [6, 6.07) is 20.1. The molecule has 1 aromatic heterocycles. The Bertz CT molecular complexity index is 1530. The highest BCUT2D eigenvalue weighted by atomic mass is 35.5. The monoisotopic (exact) mass is 578 g/mol. The van der Waals surface area contributed by atoms with Crippen LogP contribution in [0.4, 0.5) is 0 Å². The summed E-state index contributed by atoms with van der Waals surface area (Å²) in [5, 5.41) is 9.15.